The van der Waals surface area contributed by atoms with Crippen LogP contribution in [-0.4, -0.2) is 22.8 Å². The molecular weight excluding hydrogens is 272 g/mol. The maximum atomic E-state index is 11.8. The maximum Gasteiger partial charge on any atom is 0.408 e. The van der Waals surface area contributed by atoms with Crippen LogP contribution in [0.3, 0.4) is 0 Å². The lowest BCUT2D eigenvalue weighted by Crippen LogP contribution is -2.35. The number of hydrogen-bond acceptors (Lipinski definition) is 4. The zero-order valence-corrected chi connectivity index (χ0v) is 12.2. The molecule has 0 bridgehead atoms. The minimum absolute atomic E-state index is 0.273. The van der Waals surface area contributed by atoms with Crippen LogP contribution in [0.5, 0.6) is 0 Å². The van der Waals surface area contributed by atoms with E-state index >= 15 is 0 Å². The maximum absolute atomic E-state index is 11.8. The number of carbonyl (C=O) groups is 2. The quantitative estimate of drug-likeness (QED) is 0.887. The normalized spacial score (nSPS) is 12.1. The van der Waals surface area contributed by atoms with Crippen LogP contribution in [0.15, 0.2) is 24.3 Å². The van der Waals surface area contributed by atoms with Gasteiger partial charge < -0.3 is 15.2 Å². The molecule has 0 aliphatic carbocycles. The Bertz CT molecular complexity index is 553. The van der Waals surface area contributed by atoms with Crippen LogP contribution in [-0.2, 0) is 9.53 Å². The van der Waals surface area contributed by atoms with Crippen LogP contribution in [0.2, 0.25) is 0 Å². The average Bonchev–Trinajstić information content (AvgIpc) is 2.35. The van der Waals surface area contributed by atoms with Crippen molar-refractivity contribution in [3.63, 3.8) is 0 Å². The van der Waals surface area contributed by atoms with Crippen molar-refractivity contribution in [3.8, 4) is 6.07 Å². The number of nitriles is 1. The number of nitrogens with zero attached hydrogens (tertiary/aromatic N) is 1. The van der Waals surface area contributed by atoms with Gasteiger partial charge in [0.05, 0.1) is 24.1 Å². The minimum Gasteiger partial charge on any atom is -0.481 e. The van der Waals surface area contributed by atoms with E-state index in [1.54, 1.807) is 45.0 Å². The Balaban J connectivity index is 2.87. The highest BCUT2D eigenvalue weighted by Gasteiger charge is 2.22. The second-order valence-corrected chi connectivity index (χ2v) is 5.53. The Morgan fingerprint density at radius 2 is 1.90 bits per heavy atom. The Hall–Kier alpha value is -2.55. The van der Waals surface area contributed by atoms with Gasteiger partial charge in [-0.05, 0) is 38.5 Å². The highest BCUT2D eigenvalue weighted by atomic mass is 16.6. The summed E-state index contributed by atoms with van der Waals surface area (Å²) in [7, 11) is 0. The molecule has 21 heavy (non-hydrogen) atoms. The summed E-state index contributed by atoms with van der Waals surface area (Å²) in [5.41, 5.74) is 0.398. The number of aliphatic carboxylic acids is 1. The predicted molar refractivity (Wildman–Crippen MR) is 75.5 cm³/mol. The van der Waals surface area contributed by atoms with Crippen LogP contribution >= 0.6 is 0 Å². The van der Waals surface area contributed by atoms with Crippen molar-refractivity contribution >= 4 is 12.1 Å². The highest BCUT2D eigenvalue weighted by molar-refractivity contribution is 5.72. The topological polar surface area (TPSA) is 99.4 Å². The molecule has 1 amide bonds. The first-order valence-corrected chi connectivity index (χ1v) is 6.42. The molecule has 0 saturated carbocycles. The molecule has 0 heterocycles. The molecule has 1 unspecified atom stereocenters. The molecule has 0 aliphatic rings. The summed E-state index contributed by atoms with van der Waals surface area (Å²) in [5.74, 6) is -1.04. The summed E-state index contributed by atoms with van der Waals surface area (Å²) < 4.78 is 5.12. The lowest BCUT2D eigenvalue weighted by molar-refractivity contribution is -0.137. The molecule has 0 fully saturated rings. The number of alkyl carbamates (subject to hydrolysis) is 1. The van der Waals surface area contributed by atoms with Crippen molar-refractivity contribution in [2.45, 2.75) is 38.8 Å². The molecule has 1 atom stereocenters. The highest BCUT2D eigenvalue weighted by Crippen LogP contribution is 2.18. The average molecular weight is 290 g/mol. The zero-order chi connectivity index (χ0) is 16.0. The van der Waals surface area contributed by atoms with Gasteiger partial charge in [0.15, 0.2) is 0 Å². The number of ether oxygens (including phenoxy) is 1. The SMILES string of the molecule is CC(C)(C)OC(=O)NC(CC(=O)O)c1ccc(C#N)cc1. The van der Waals surface area contributed by atoms with E-state index in [1.807, 2.05) is 6.07 Å². The van der Waals surface area contributed by atoms with Crippen molar-refractivity contribution in [3.05, 3.63) is 35.4 Å². The van der Waals surface area contributed by atoms with Gasteiger partial charge in [-0.3, -0.25) is 4.79 Å². The number of carbonyl (C=O) groups excluding carboxylic acids is 1. The van der Waals surface area contributed by atoms with Crippen LogP contribution < -0.4 is 5.32 Å². The summed E-state index contributed by atoms with van der Waals surface area (Å²) in [6.45, 7) is 5.17. The molecule has 0 saturated heterocycles. The summed E-state index contributed by atoms with van der Waals surface area (Å²) >= 11 is 0. The van der Waals surface area contributed by atoms with Crippen molar-refractivity contribution < 1.29 is 19.4 Å². The van der Waals surface area contributed by atoms with E-state index in [4.69, 9.17) is 15.1 Å². The van der Waals surface area contributed by atoms with Gasteiger partial charge in [0, 0.05) is 0 Å². The fourth-order valence-electron chi connectivity index (χ4n) is 1.67. The van der Waals surface area contributed by atoms with E-state index in [0.29, 0.717) is 11.1 Å². The Morgan fingerprint density at radius 1 is 1.33 bits per heavy atom. The van der Waals surface area contributed by atoms with Crippen LogP contribution in [0, 0.1) is 11.3 Å². The molecule has 1 aromatic rings. The van der Waals surface area contributed by atoms with E-state index in [0.717, 1.165) is 0 Å². The Morgan fingerprint density at radius 3 is 2.33 bits per heavy atom. The van der Waals surface area contributed by atoms with Crippen molar-refractivity contribution in [1.82, 2.24) is 5.32 Å². The zero-order valence-electron chi connectivity index (χ0n) is 12.2. The molecule has 0 aromatic heterocycles. The third kappa shape index (κ3) is 5.95. The first kappa shape index (κ1) is 16.5. The van der Waals surface area contributed by atoms with Gasteiger partial charge in [0.2, 0.25) is 0 Å². The van der Waals surface area contributed by atoms with E-state index < -0.39 is 23.7 Å². The van der Waals surface area contributed by atoms with Gasteiger partial charge in [0.1, 0.15) is 5.60 Å². The van der Waals surface area contributed by atoms with Crippen LogP contribution in [0.1, 0.15) is 44.4 Å². The number of rotatable bonds is 4. The molecule has 1 rings (SSSR count). The molecule has 112 valence electrons. The third-order valence-electron chi connectivity index (χ3n) is 2.51. The Kier molecular flexibility index (Phi) is 5.30. The van der Waals surface area contributed by atoms with E-state index in [9.17, 15) is 9.59 Å². The summed E-state index contributed by atoms with van der Waals surface area (Å²) in [6, 6.07) is 7.63. The Labute approximate surface area is 123 Å². The third-order valence-corrected chi connectivity index (χ3v) is 2.51. The van der Waals surface area contributed by atoms with Crippen molar-refractivity contribution in [2.75, 3.05) is 0 Å². The molecule has 2 N–H and O–H groups in total. The molecule has 0 radical (unpaired) electrons. The number of benzene rings is 1. The predicted octanol–water partition coefficient (Wildman–Crippen LogP) is 2.60. The standard InChI is InChI=1S/C15H18N2O4/c1-15(2,3)21-14(20)17-12(8-13(18)19)11-6-4-10(9-16)5-7-11/h4-7,12H,8H2,1-3H3,(H,17,20)(H,18,19). The number of carboxylic acid groups (broad SMARTS) is 1. The lowest BCUT2D eigenvalue weighted by Gasteiger charge is -2.23. The second kappa shape index (κ2) is 6.75. The summed E-state index contributed by atoms with van der Waals surface area (Å²) in [4.78, 5) is 22.7. The monoisotopic (exact) mass is 290 g/mol. The van der Waals surface area contributed by atoms with Crippen molar-refractivity contribution in [2.24, 2.45) is 0 Å². The molecule has 1 aromatic carbocycles. The number of carboxylic acids is 1. The minimum atomic E-state index is -1.04. The summed E-state index contributed by atoms with van der Waals surface area (Å²) in [5, 5.41) is 20.2. The van der Waals surface area contributed by atoms with Gasteiger partial charge in [-0.25, -0.2) is 4.79 Å². The van der Waals surface area contributed by atoms with Gasteiger partial charge in [-0.15, -0.1) is 0 Å². The first-order chi connectivity index (χ1) is 9.71. The fraction of sp³-hybridized carbons (Fsp3) is 0.400. The molecule has 6 heteroatoms. The largest absolute Gasteiger partial charge is 0.481 e. The van der Waals surface area contributed by atoms with E-state index in [1.165, 1.54) is 0 Å². The van der Waals surface area contributed by atoms with Gasteiger partial charge in [-0.2, -0.15) is 5.26 Å². The number of nitrogens with one attached hydrogen (secondary N) is 1. The van der Waals surface area contributed by atoms with Gasteiger partial charge >= 0.3 is 12.1 Å². The number of amides is 1. The molecule has 0 aliphatic heterocycles. The van der Waals surface area contributed by atoms with Crippen LogP contribution in [0.4, 0.5) is 4.79 Å². The van der Waals surface area contributed by atoms with Gasteiger partial charge in [-0.1, -0.05) is 12.1 Å². The second-order valence-electron chi connectivity index (χ2n) is 5.53. The van der Waals surface area contributed by atoms with E-state index in [2.05, 4.69) is 5.32 Å². The number of hydrogen-bond donors (Lipinski definition) is 2. The first-order valence-electron chi connectivity index (χ1n) is 6.42. The lowest BCUT2D eigenvalue weighted by atomic mass is 10.0. The van der Waals surface area contributed by atoms with Gasteiger partial charge in [0.25, 0.3) is 0 Å². The summed E-state index contributed by atoms with van der Waals surface area (Å²) in [6.07, 6.45) is -0.955. The molecular formula is C15H18N2O4. The smallest absolute Gasteiger partial charge is 0.408 e. The van der Waals surface area contributed by atoms with Crippen LogP contribution in [0.25, 0.3) is 0 Å². The molecule has 0 spiro atoms. The van der Waals surface area contributed by atoms with E-state index in [-0.39, 0.29) is 6.42 Å². The van der Waals surface area contributed by atoms with Crippen molar-refractivity contribution in [1.29, 1.82) is 5.26 Å². The fourth-order valence-corrected chi connectivity index (χ4v) is 1.67. The molecule has 6 nitrogen and oxygen atoms in total.